The van der Waals surface area contributed by atoms with Crippen molar-refractivity contribution in [3.8, 4) is 11.5 Å². The van der Waals surface area contributed by atoms with Crippen LogP contribution in [0.2, 0.25) is 0 Å². The Morgan fingerprint density at radius 2 is 1.52 bits per heavy atom. The van der Waals surface area contributed by atoms with E-state index in [0.29, 0.717) is 18.1 Å². The van der Waals surface area contributed by atoms with Gasteiger partial charge in [-0.25, -0.2) is 4.79 Å². The van der Waals surface area contributed by atoms with Crippen LogP contribution >= 0.6 is 7.60 Å². The number of rotatable bonds is 12. The van der Waals surface area contributed by atoms with Crippen molar-refractivity contribution in [1.29, 1.82) is 0 Å². The lowest BCUT2D eigenvalue weighted by molar-refractivity contribution is -0.149. The predicted octanol–water partition coefficient (Wildman–Crippen LogP) is 4.80. The molecule has 0 spiro atoms. The normalized spacial score (nSPS) is 12.2. The van der Waals surface area contributed by atoms with Gasteiger partial charge in [0.1, 0.15) is 18.1 Å². The summed E-state index contributed by atoms with van der Waals surface area (Å²) in [6.07, 6.45) is -1.34. The van der Waals surface area contributed by atoms with Gasteiger partial charge in [0, 0.05) is 0 Å². The number of ether oxygens (including phenoxy) is 3. The van der Waals surface area contributed by atoms with Crippen LogP contribution in [0.1, 0.15) is 26.3 Å². The zero-order valence-corrected chi connectivity index (χ0v) is 17.8. The summed E-state index contributed by atoms with van der Waals surface area (Å²) in [4.78, 5) is 12.1. The Labute approximate surface area is 171 Å². The van der Waals surface area contributed by atoms with Crippen molar-refractivity contribution >= 4 is 13.6 Å². The van der Waals surface area contributed by atoms with E-state index in [1.807, 2.05) is 30.3 Å². The molecule has 0 bridgehead atoms. The molecule has 0 amide bonds. The number of carbonyl (C=O) groups is 1. The second-order valence-corrected chi connectivity index (χ2v) is 8.04. The molecule has 2 aromatic carbocycles. The lowest BCUT2D eigenvalue weighted by Crippen LogP contribution is -2.26. The maximum absolute atomic E-state index is 12.3. The fourth-order valence-corrected chi connectivity index (χ4v) is 3.67. The van der Waals surface area contributed by atoms with Crippen molar-refractivity contribution in [3.63, 3.8) is 0 Å². The van der Waals surface area contributed by atoms with Crippen LogP contribution in [0.5, 0.6) is 11.5 Å². The lowest BCUT2D eigenvalue weighted by atomic mass is 10.2. The molecule has 0 fully saturated rings. The molecule has 0 saturated heterocycles. The Morgan fingerprint density at radius 1 is 0.931 bits per heavy atom. The molecule has 8 heteroatoms. The molecule has 0 N–H and O–H groups in total. The highest BCUT2D eigenvalue weighted by Crippen LogP contribution is 2.47. The first-order valence-corrected chi connectivity index (χ1v) is 11.2. The third-order valence-corrected chi connectivity index (χ3v) is 5.48. The smallest absolute Gasteiger partial charge is 0.367 e. The highest BCUT2D eigenvalue weighted by Gasteiger charge is 2.28. The third-order valence-electron chi connectivity index (χ3n) is 3.73. The Balaban J connectivity index is 1.82. The molecule has 0 unspecified atom stereocenters. The van der Waals surface area contributed by atoms with Crippen molar-refractivity contribution < 1.29 is 32.6 Å². The lowest BCUT2D eigenvalue weighted by Gasteiger charge is -2.19. The molecule has 29 heavy (non-hydrogen) atoms. The van der Waals surface area contributed by atoms with E-state index >= 15 is 0 Å². The van der Waals surface area contributed by atoms with Crippen molar-refractivity contribution in [2.75, 3.05) is 19.6 Å². The number of benzene rings is 2. The SMILES string of the molecule is CCOP(=O)(COC(=O)[C@@H](C)Oc1ccc(OCc2ccccc2)cc1)OCC. The maximum Gasteiger partial charge on any atom is 0.367 e. The Morgan fingerprint density at radius 3 is 2.10 bits per heavy atom. The molecule has 1 atom stereocenters. The number of hydrogen-bond donors (Lipinski definition) is 0. The van der Waals surface area contributed by atoms with Crippen molar-refractivity contribution in [3.05, 3.63) is 60.2 Å². The first-order valence-electron chi connectivity index (χ1n) is 9.44. The van der Waals surface area contributed by atoms with Crippen LogP contribution in [0.25, 0.3) is 0 Å². The first-order chi connectivity index (χ1) is 14.0. The van der Waals surface area contributed by atoms with Gasteiger partial charge < -0.3 is 23.3 Å². The van der Waals surface area contributed by atoms with Crippen LogP contribution in [-0.2, 0) is 29.8 Å². The van der Waals surface area contributed by atoms with Gasteiger partial charge in [-0.2, -0.15) is 0 Å². The molecule has 0 heterocycles. The van der Waals surface area contributed by atoms with Gasteiger partial charge in [-0.15, -0.1) is 0 Å². The minimum absolute atomic E-state index is 0.194. The highest BCUT2D eigenvalue weighted by molar-refractivity contribution is 7.53. The van der Waals surface area contributed by atoms with E-state index in [4.69, 9.17) is 23.3 Å². The van der Waals surface area contributed by atoms with Gasteiger partial charge in [-0.1, -0.05) is 30.3 Å². The predicted molar refractivity (Wildman–Crippen MR) is 109 cm³/mol. The van der Waals surface area contributed by atoms with E-state index in [1.54, 1.807) is 45.0 Å². The van der Waals surface area contributed by atoms with Crippen LogP contribution in [0.4, 0.5) is 0 Å². The van der Waals surface area contributed by atoms with Crippen LogP contribution in [0.15, 0.2) is 54.6 Å². The van der Waals surface area contributed by atoms with E-state index in [-0.39, 0.29) is 13.2 Å². The van der Waals surface area contributed by atoms with Crippen LogP contribution < -0.4 is 9.47 Å². The van der Waals surface area contributed by atoms with Crippen molar-refractivity contribution in [2.45, 2.75) is 33.5 Å². The monoisotopic (exact) mass is 422 g/mol. The Kier molecular flexibility index (Phi) is 9.19. The van der Waals surface area contributed by atoms with Crippen LogP contribution in [0, 0.1) is 0 Å². The zero-order valence-electron chi connectivity index (χ0n) is 16.9. The minimum Gasteiger partial charge on any atom is -0.489 e. The summed E-state index contributed by atoms with van der Waals surface area (Å²) in [5.74, 6) is 0.513. The number of carbonyl (C=O) groups excluding carboxylic acids is 1. The average molecular weight is 422 g/mol. The quantitative estimate of drug-likeness (QED) is 0.359. The first kappa shape index (κ1) is 22.9. The number of hydrogen-bond acceptors (Lipinski definition) is 7. The van der Waals surface area contributed by atoms with Gasteiger partial charge >= 0.3 is 13.6 Å². The largest absolute Gasteiger partial charge is 0.489 e. The molecule has 0 radical (unpaired) electrons. The van der Waals surface area contributed by atoms with Crippen LogP contribution in [-0.4, -0.2) is 31.6 Å². The summed E-state index contributed by atoms with van der Waals surface area (Å²) in [5.41, 5.74) is 1.07. The second kappa shape index (κ2) is 11.6. The fourth-order valence-electron chi connectivity index (χ4n) is 2.37. The molecule has 0 aliphatic heterocycles. The summed E-state index contributed by atoms with van der Waals surface area (Å²) in [5, 5.41) is 0. The molecule has 0 saturated carbocycles. The molecular formula is C21H27O7P. The standard InChI is InChI=1S/C21H27O7P/c1-4-26-29(23,27-5-2)16-25-21(22)17(3)28-20-13-11-19(12-14-20)24-15-18-9-7-6-8-10-18/h6-14,17H,4-5,15-16H2,1-3H3/t17-/m1/s1. The molecule has 0 aliphatic carbocycles. The van der Waals surface area contributed by atoms with Gasteiger partial charge in [0.05, 0.1) is 13.2 Å². The topological polar surface area (TPSA) is 80.3 Å². The van der Waals surface area contributed by atoms with Crippen molar-refractivity contribution in [2.24, 2.45) is 0 Å². The van der Waals surface area contributed by atoms with Gasteiger partial charge in [-0.05, 0) is 50.6 Å². The molecule has 0 aromatic heterocycles. The average Bonchev–Trinajstić information content (AvgIpc) is 2.72. The highest BCUT2D eigenvalue weighted by atomic mass is 31.2. The Hall–Kier alpha value is -2.34. The van der Waals surface area contributed by atoms with E-state index in [1.165, 1.54) is 0 Å². The zero-order chi connectivity index (χ0) is 21.1. The van der Waals surface area contributed by atoms with Crippen molar-refractivity contribution in [1.82, 2.24) is 0 Å². The van der Waals surface area contributed by atoms with E-state index < -0.39 is 26.0 Å². The molecule has 2 aromatic rings. The van der Waals surface area contributed by atoms with Crippen LogP contribution in [0.3, 0.4) is 0 Å². The summed E-state index contributed by atoms with van der Waals surface area (Å²) in [6.45, 7) is 5.77. The minimum atomic E-state index is -3.45. The summed E-state index contributed by atoms with van der Waals surface area (Å²) < 4.78 is 38.8. The van der Waals surface area contributed by atoms with E-state index in [2.05, 4.69) is 0 Å². The van der Waals surface area contributed by atoms with Gasteiger partial charge in [0.2, 0.25) is 0 Å². The second-order valence-electron chi connectivity index (χ2n) is 6.04. The van der Waals surface area contributed by atoms with Gasteiger partial charge in [0.15, 0.2) is 12.5 Å². The van der Waals surface area contributed by atoms with E-state index in [0.717, 1.165) is 5.56 Å². The molecule has 0 aliphatic rings. The maximum atomic E-state index is 12.3. The summed E-state index contributed by atoms with van der Waals surface area (Å²) in [6, 6.07) is 16.8. The summed E-state index contributed by atoms with van der Waals surface area (Å²) in [7, 11) is -3.45. The van der Waals surface area contributed by atoms with Gasteiger partial charge in [0.25, 0.3) is 0 Å². The molecular weight excluding hydrogens is 395 g/mol. The summed E-state index contributed by atoms with van der Waals surface area (Å²) >= 11 is 0. The fraction of sp³-hybridized carbons (Fsp3) is 0.381. The van der Waals surface area contributed by atoms with Gasteiger partial charge in [-0.3, -0.25) is 4.57 Å². The Bertz CT molecular complexity index is 782. The molecule has 2 rings (SSSR count). The molecule has 158 valence electrons. The van der Waals surface area contributed by atoms with E-state index in [9.17, 15) is 9.36 Å². The molecule has 7 nitrogen and oxygen atoms in total. The third kappa shape index (κ3) is 7.89. The number of esters is 1.